The number of thiophene rings is 1. The molecule has 1 saturated heterocycles. The zero-order valence-corrected chi connectivity index (χ0v) is 19.9. The molecule has 2 aromatic heterocycles. The topological polar surface area (TPSA) is 41.5 Å². The summed E-state index contributed by atoms with van der Waals surface area (Å²) in [5, 5.41) is 3.36. The Morgan fingerprint density at radius 2 is 1.73 bits per heavy atom. The fraction of sp³-hybridized carbons (Fsp3) is 0.259. The van der Waals surface area contributed by atoms with Gasteiger partial charge in [-0.25, -0.2) is 9.97 Å². The van der Waals surface area contributed by atoms with Gasteiger partial charge >= 0.3 is 0 Å². The van der Waals surface area contributed by atoms with E-state index in [9.17, 15) is 0 Å². The number of aryl methyl sites for hydroxylation is 1. The van der Waals surface area contributed by atoms with E-state index in [1.54, 1.807) is 18.4 Å². The molecule has 2 aromatic carbocycles. The minimum absolute atomic E-state index is 0.828. The minimum atomic E-state index is 0.828. The van der Waals surface area contributed by atoms with Crippen LogP contribution >= 0.6 is 11.3 Å². The zero-order chi connectivity index (χ0) is 22.6. The predicted molar refractivity (Wildman–Crippen MR) is 138 cm³/mol. The van der Waals surface area contributed by atoms with Crippen LogP contribution in [0.15, 0.2) is 66.1 Å². The molecule has 6 heteroatoms. The van der Waals surface area contributed by atoms with Crippen LogP contribution in [0.4, 0.5) is 5.82 Å². The van der Waals surface area contributed by atoms with Gasteiger partial charge in [0.25, 0.3) is 0 Å². The number of ether oxygens (including phenoxy) is 1. The Hall–Kier alpha value is -3.22. The Bertz CT molecular complexity index is 1240. The van der Waals surface area contributed by atoms with Gasteiger partial charge in [0.1, 0.15) is 22.2 Å². The molecule has 0 aliphatic carbocycles. The lowest BCUT2D eigenvalue weighted by atomic mass is 10.1. The van der Waals surface area contributed by atoms with Crippen molar-refractivity contribution in [3.05, 3.63) is 77.4 Å². The smallest absolute Gasteiger partial charge is 0.141 e. The fourth-order valence-corrected chi connectivity index (χ4v) is 5.27. The lowest BCUT2D eigenvalue weighted by molar-refractivity contribution is 0.284. The van der Waals surface area contributed by atoms with Gasteiger partial charge in [-0.05, 0) is 30.2 Å². The van der Waals surface area contributed by atoms with E-state index in [1.807, 2.05) is 19.1 Å². The molecule has 0 N–H and O–H groups in total. The molecule has 0 spiro atoms. The highest BCUT2D eigenvalue weighted by Gasteiger charge is 2.22. The van der Waals surface area contributed by atoms with Crippen LogP contribution in [-0.4, -0.2) is 54.7 Å². The van der Waals surface area contributed by atoms with Gasteiger partial charge in [-0.2, -0.15) is 0 Å². The lowest BCUT2D eigenvalue weighted by Gasteiger charge is -2.35. The second kappa shape index (κ2) is 9.73. The van der Waals surface area contributed by atoms with Gasteiger partial charge in [-0.1, -0.05) is 54.6 Å². The Morgan fingerprint density at radius 3 is 2.45 bits per heavy atom. The number of methoxy groups -OCH3 is 1. The maximum atomic E-state index is 5.33. The van der Waals surface area contributed by atoms with Crippen LogP contribution in [0.1, 0.15) is 11.4 Å². The van der Waals surface area contributed by atoms with E-state index in [0.29, 0.717) is 0 Å². The molecule has 3 heterocycles. The van der Waals surface area contributed by atoms with Crippen molar-refractivity contribution in [3.8, 4) is 16.9 Å². The number of fused-ring (bicyclic) bond motifs is 1. The summed E-state index contributed by atoms with van der Waals surface area (Å²) < 4.78 is 5.33. The number of hydrogen-bond acceptors (Lipinski definition) is 6. The Labute approximate surface area is 199 Å². The first-order chi connectivity index (χ1) is 16.2. The summed E-state index contributed by atoms with van der Waals surface area (Å²) in [5.74, 6) is 2.75. The largest absolute Gasteiger partial charge is 0.497 e. The summed E-state index contributed by atoms with van der Waals surface area (Å²) in [6, 6.07) is 18.7. The van der Waals surface area contributed by atoms with Crippen molar-refractivity contribution >= 4 is 33.4 Å². The molecule has 33 heavy (non-hydrogen) atoms. The van der Waals surface area contributed by atoms with Gasteiger partial charge in [-0.15, -0.1) is 11.3 Å². The number of nitrogens with zero attached hydrogens (tertiary/aromatic N) is 4. The van der Waals surface area contributed by atoms with Crippen molar-refractivity contribution in [1.82, 2.24) is 14.9 Å². The molecule has 0 amide bonds. The Balaban J connectivity index is 1.34. The molecule has 1 aliphatic rings. The molecule has 1 aliphatic heterocycles. The molecule has 0 atom stereocenters. The maximum absolute atomic E-state index is 5.33. The van der Waals surface area contributed by atoms with Crippen molar-refractivity contribution in [3.63, 3.8) is 0 Å². The summed E-state index contributed by atoms with van der Waals surface area (Å²) in [5.41, 5.74) is 3.61. The van der Waals surface area contributed by atoms with Crippen molar-refractivity contribution in [2.24, 2.45) is 0 Å². The van der Waals surface area contributed by atoms with Crippen molar-refractivity contribution < 1.29 is 4.74 Å². The molecule has 0 bridgehead atoms. The third kappa shape index (κ3) is 4.77. The monoisotopic (exact) mass is 456 g/mol. The molecule has 5 rings (SSSR count). The molecule has 5 nitrogen and oxygen atoms in total. The SMILES string of the molecule is COc1ccc(-c2csc3nc(C)nc(N4CCN(C/C=C/c5ccccc5)CC4)c23)cc1. The van der Waals surface area contributed by atoms with Gasteiger partial charge in [-0.3, -0.25) is 4.90 Å². The van der Waals surface area contributed by atoms with Gasteiger partial charge in [0.15, 0.2) is 0 Å². The first kappa shape index (κ1) is 21.6. The average Bonchev–Trinajstić information content (AvgIpc) is 3.28. The highest BCUT2D eigenvalue weighted by Crippen LogP contribution is 2.39. The van der Waals surface area contributed by atoms with Crippen LogP contribution in [0.25, 0.3) is 27.4 Å². The quantitative estimate of drug-likeness (QED) is 0.383. The number of anilines is 1. The number of benzene rings is 2. The van der Waals surface area contributed by atoms with Gasteiger partial charge < -0.3 is 9.64 Å². The highest BCUT2D eigenvalue weighted by molar-refractivity contribution is 7.17. The first-order valence-electron chi connectivity index (χ1n) is 11.3. The maximum Gasteiger partial charge on any atom is 0.141 e. The van der Waals surface area contributed by atoms with Crippen LogP contribution in [0.2, 0.25) is 0 Å². The zero-order valence-electron chi connectivity index (χ0n) is 19.1. The third-order valence-corrected chi connectivity index (χ3v) is 6.94. The Kier molecular flexibility index (Phi) is 6.37. The van der Waals surface area contributed by atoms with E-state index in [1.165, 1.54) is 16.7 Å². The van der Waals surface area contributed by atoms with E-state index in [2.05, 4.69) is 69.8 Å². The second-order valence-electron chi connectivity index (χ2n) is 8.25. The van der Waals surface area contributed by atoms with Gasteiger partial charge in [0.2, 0.25) is 0 Å². The van der Waals surface area contributed by atoms with E-state index in [4.69, 9.17) is 14.7 Å². The summed E-state index contributed by atoms with van der Waals surface area (Å²) in [6.45, 7) is 6.92. The molecular formula is C27H28N4OS. The molecule has 1 fully saturated rings. The molecule has 4 aromatic rings. The lowest BCUT2D eigenvalue weighted by Crippen LogP contribution is -2.46. The van der Waals surface area contributed by atoms with Crippen molar-refractivity contribution in [2.45, 2.75) is 6.92 Å². The van der Waals surface area contributed by atoms with Crippen LogP contribution in [0.3, 0.4) is 0 Å². The predicted octanol–water partition coefficient (Wildman–Crippen LogP) is 5.51. The molecule has 0 radical (unpaired) electrons. The van der Waals surface area contributed by atoms with Crippen LogP contribution < -0.4 is 9.64 Å². The van der Waals surface area contributed by atoms with E-state index in [-0.39, 0.29) is 0 Å². The van der Waals surface area contributed by atoms with Gasteiger partial charge in [0.05, 0.1) is 12.5 Å². The van der Waals surface area contributed by atoms with Crippen LogP contribution in [0, 0.1) is 6.92 Å². The average molecular weight is 457 g/mol. The molecular weight excluding hydrogens is 428 g/mol. The normalized spacial score (nSPS) is 14.9. The molecule has 0 saturated carbocycles. The van der Waals surface area contributed by atoms with E-state index < -0.39 is 0 Å². The minimum Gasteiger partial charge on any atom is -0.497 e. The fourth-order valence-electron chi connectivity index (χ4n) is 4.28. The van der Waals surface area contributed by atoms with Crippen LogP contribution in [-0.2, 0) is 0 Å². The van der Waals surface area contributed by atoms with E-state index >= 15 is 0 Å². The number of aromatic nitrogens is 2. The van der Waals surface area contributed by atoms with Crippen molar-refractivity contribution in [2.75, 3.05) is 44.7 Å². The third-order valence-electron chi connectivity index (χ3n) is 6.07. The first-order valence-corrected chi connectivity index (χ1v) is 12.2. The Morgan fingerprint density at radius 1 is 0.970 bits per heavy atom. The van der Waals surface area contributed by atoms with Gasteiger partial charge in [0, 0.05) is 43.7 Å². The standard InChI is InChI=1S/C27H28N4OS/c1-20-28-26(25-24(19-33-27(25)29-20)22-10-12-23(32-2)13-11-22)31-17-15-30(16-18-31)14-6-9-21-7-4-3-5-8-21/h3-13,19H,14-18H2,1-2H3/b9-6+. The van der Waals surface area contributed by atoms with Crippen molar-refractivity contribution in [1.29, 1.82) is 0 Å². The highest BCUT2D eigenvalue weighted by atomic mass is 32.1. The molecule has 0 unspecified atom stereocenters. The number of piperazine rings is 1. The van der Waals surface area contributed by atoms with Crippen LogP contribution in [0.5, 0.6) is 5.75 Å². The second-order valence-corrected chi connectivity index (χ2v) is 9.11. The number of hydrogen-bond donors (Lipinski definition) is 0. The summed E-state index contributed by atoms with van der Waals surface area (Å²) in [6.07, 6.45) is 4.47. The summed E-state index contributed by atoms with van der Waals surface area (Å²) in [4.78, 5) is 15.6. The number of rotatable bonds is 6. The summed E-state index contributed by atoms with van der Waals surface area (Å²) >= 11 is 1.69. The van der Waals surface area contributed by atoms with E-state index in [0.717, 1.165) is 60.3 Å². The molecule has 168 valence electrons. The summed E-state index contributed by atoms with van der Waals surface area (Å²) in [7, 11) is 1.70.